The maximum atomic E-state index is 6.78. The van der Waals surface area contributed by atoms with Crippen molar-refractivity contribution in [1.82, 2.24) is 19.9 Å². The average molecular weight is 759 g/mol. The van der Waals surface area contributed by atoms with Crippen LogP contribution in [-0.2, 0) is 0 Å². The van der Waals surface area contributed by atoms with Crippen molar-refractivity contribution in [3.8, 4) is 56.5 Å². The molecule has 270 valence electrons. The minimum atomic E-state index is 0.648. The summed E-state index contributed by atoms with van der Waals surface area (Å²) in [6, 6.07) is 63.2. The number of hydrogen-bond donors (Lipinski definition) is 0. The van der Waals surface area contributed by atoms with Gasteiger partial charge in [-0.15, -0.1) is 11.3 Å². The van der Waals surface area contributed by atoms with Crippen molar-refractivity contribution in [3.63, 3.8) is 0 Å². The number of fused-ring (bicyclic) bond motifs is 10. The lowest BCUT2D eigenvalue weighted by Crippen LogP contribution is -2.00. The van der Waals surface area contributed by atoms with Crippen LogP contribution in [0.15, 0.2) is 186 Å². The molecule has 0 aliphatic rings. The number of benzene rings is 8. The van der Waals surface area contributed by atoms with E-state index in [4.69, 9.17) is 24.4 Å². The van der Waals surface area contributed by atoms with E-state index >= 15 is 0 Å². The molecule has 4 aromatic heterocycles. The number of furan rings is 1. The minimum absolute atomic E-state index is 0.648. The predicted octanol–water partition coefficient (Wildman–Crippen LogP) is 14.2. The van der Waals surface area contributed by atoms with Crippen molar-refractivity contribution in [3.05, 3.63) is 182 Å². The Kier molecular flexibility index (Phi) is 7.33. The number of hydrogen-bond acceptors (Lipinski definition) is 6. The average Bonchev–Trinajstić information content (AvgIpc) is 3.87. The third kappa shape index (κ3) is 5.23. The van der Waals surface area contributed by atoms with E-state index in [0.29, 0.717) is 17.5 Å². The van der Waals surface area contributed by atoms with Gasteiger partial charge in [-0.3, -0.25) is 0 Å². The van der Waals surface area contributed by atoms with Gasteiger partial charge < -0.3 is 4.42 Å². The van der Waals surface area contributed by atoms with E-state index in [0.717, 1.165) is 77.1 Å². The zero-order valence-electron chi connectivity index (χ0n) is 30.9. The van der Waals surface area contributed by atoms with E-state index in [-0.39, 0.29) is 0 Å². The number of rotatable bonds is 5. The van der Waals surface area contributed by atoms with Crippen LogP contribution in [0.1, 0.15) is 0 Å². The molecule has 0 amide bonds. The van der Waals surface area contributed by atoms with Gasteiger partial charge in [-0.1, -0.05) is 140 Å². The summed E-state index contributed by atoms with van der Waals surface area (Å²) in [5.74, 6) is 1.95. The number of aromatic nitrogens is 4. The van der Waals surface area contributed by atoms with Gasteiger partial charge in [0.1, 0.15) is 11.2 Å². The fourth-order valence-corrected chi connectivity index (χ4v) is 9.57. The van der Waals surface area contributed by atoms with Crippen molar-refractivity contribution in [1.29, 1.82) is 0 Å². The quantitative estimate of drug-likeness (QED) is 0.164. The van der Waals surface area contributed by atoms with E-state index in [9.17, 15) is 0 Å². The maximum absolute atomic E-state index is 6.78. The summed E-state index contributed by atoms with van der Waals surface area (Å²) < 4.78 is 9.23. The molecule has 0 N–H and O–H groups in total. The zero-order valence-corrected chi connectivity index (χ0v) is 31.7. The number of para-hydroxylation sites is 1. The Morgan fingerprint density at radius 1 is 0.379 bits per heavy atom. The van der Waals surface area contributed by atoms with Crippen LogP contribution >= 0.6 is 11.3 Å². The minimum Gasteiger partial charge on any atom is -0.455 e. The van der Waals surface area contributed by atoms with E-state index in [1.54, 1.807) is 0 Å². The topological polar surface area (TPSA) is 64.7 Å². The molecule has 12 aromatic rings. The second kappa shape index (κ2) is 13.0. The molecule has 0 saturated heterocycles. The normalized spacial score (nSPS) is 11.8. The summed E-state index contributed by atoms with van der Waals surface area (Å²) in [5.41, 5.74) is 9.94. The van der Waals surface area contributed by atoms with Crippen molar-refractivity contribution in [2.24, 2.45) is 0 Å². The summed E-state index contributed by atoms with van der Waals surface area (Å²) in [7, 11) is 0. The first-order chi connectivity index (χ1) is 28.7. The van der Waals surface area contributed by atoms with E-state index in [2.05, 4.69) is 109 Å². The molecule has 58 heavy (non-hydrogen) atoms. The highest BCUT2D eigenvalue weighted by atomic mass is 32.1. The number of thiophene rings is 1. The largest absolute Gasteiger partial charge is 0.455 e. The molecule has 8 aromatic carbocycles. The van der Waals surface area contributed by atoms with Crippen LogP contribution < -0.4 is 0 Å². The zero-order chi connectivity index (χ0) is 38.2. The highest BCUT2D eigenvalue weighted by Gasteiger charge is 2.19. The lowest BCUT2D eigenvalue weighted by atomic mass is 9.97. The Hall–Kier alpha value is -7.54. The van der Waals surface area contributed by atoms with Crippen LogP contribution in [-0.4, -0.2) is 19.9 Å². The van der Waals surface area contributed by atoms with Gasteiger partial charge in [0.25, 0.3) is 0 Å². The lowest BCUT2D eigenvalue weighted by Gasteiger charge is -2.10. The first-order valence-electron chi connectivity index (χ1n) is 19.3. The standard InChI is InChI=1S/C52H30N4OS/c1-4-13-31(14-5-1)47-40-26-25-37-41-29-34(23-27-44(41)57-48(37)46(40)39-19-10-11-22-43(39)53-47)36-20-12-21-38-42-30-35(24-28-45(42)58-49(36)38)52-55-50(32-15-6-2-7-16-32)54-51(56-52)33-17-8-3-9-18-33/h1-30H. The molecule has 0 fully saturated rings. The van der Waals surface area contributed by atoms with Gasteiger partial charge in [0, 0.05) is 69.4 Å². The summed E-state index contributed by atoms with van der Waals surface area (Å²) in [6.07, 6.45) is 0. The van der Waals surface area contributed by atoms with Crippen LogP contribution in [0.25, 0.3) is 120 Å². The summed E-state index contributed by atoms with van der Waals surface area (Å²) in [6.45, 7) is 0. The Labute approximate surface area is 336 Å². The molecular weight excluding hydrogens is 729 g/mol. The van der Waals surface area contributed by atoms with Gasteiger partial charge in [-0.25, -0.2) is 19.9 Å². The molecule has 0 aliphatic heterocycles. The highest BCUT2D eigenvalue weighted by molar-refractivity contribution is 7.26. The van der Waals surface area contributed by atoms with E-state index in [1.807, 2.05) is 84.1 Å². The number of pyridine rings is 1. The number of nitrogens with zero attached hydrogens (tertiary/aromatic N) is 4. The monoisotopic (exact) mass is 758 g/mol. The van der Waals surface area contributed by atoms with E-state index < -0.39 is 0 Å². The van der Waals surface area contributed by atoms with Crippen molar-refractivity contribution >= 4 is 75.1 Å². The fraction of sp³-hybridized carbons (Fsp3) is 0. The Morgan fingerprint density at radius 3 is 1.72 bits per heavy atom. The first-order valence-corrected chi connectivity index (χ1v) is 20.1. The van der Waals surface area contributed by atoms with Crippen LogP contribution in [0, 0.1) is 0 Å². The van der Waals surface area contributed by atoms with Crippen LogP contribution in [0.5, 0.6) is 0 Å². The molecule has 0 atom stereocenters. The third-order valence-corrected chi connectivity index (χ3v) is 12.3. The summed E-state index contributed by atoms with van der Waals surface area (Å²) in [5, 5.41) is 7.82. The molecule has 0 unspecified atom stereocenters. The van der Waals surface area contributed by atoms with Gasteiger partial charge in [-0.05, 0) is 53.6 Å². The fourth-order valence-electron chi connectivity index (χ4n) is 8.35. The SMILES string of the molecule is c1ccc(-c2nc(-c3ccccc3)nc(-c3ccc4sc5c(-c6ccc7oc8c(ccc9c(-c%10ccccc%10)nc%10ccccc%10c98)c7c6)cccc5c4c3)n2)cc1. The Bertz CT molecular complexity index is 3500. The molecule has 5 nitrogen and oxygen atoms in total. The Balaban J connectivity index is 1.01. The molecule has 0 bridgehead atoms. The van der Waals surface area contributed by atoms with Gasteiger partial charge in [0.2, 0.25) is 0 Å². The van der Waals surface area contributed by atoms with Crippen molar-refractivity contribution in [2.75, 3.05) is 0 Å². The highest BCUT2D eigenvalue weighted by Crippen LogP contribution is 2.44. The Morgan fingerprint density at radius 2 is 0.983 bits per heavy atom. The molecule has 0 spiro atoms. The van der Waals surface area contributed by atoms with Gasteiger partial charge in [0.05, 0.1) is 11.2 Å². The van der Waals surface area contributed by atoms with Gasteiger partial charge >= 0.3 is 0 Å². The van der Waals surface area contributed by atoms with Gasteiger partial charge in [0.15, 0.2) is 17.5 Å². The second-order valence-electron chi connectivity index (χ2n) is 14.6. The lowest BCUT2D eigenvalue weighted by molar-refractivity contribution is 0.673. The van der Waals surface area contributed by atoms with Gasteiger partial charge in [-0.2, -0.15) is 0 Å². The van der Waals surface area contributed by atoms with Crippen LogP contribution in [0.3, 0.4) is 0 Å². The molecule has 0 saturated carbocycles. The first kappa shape index (κ1) is 32.7. The molecule has 0 radical (unpaired) electrons. The van der Waals surface area contributed by atoms with E-state index in [1.165, 1.54) is 25.7 Å². The third-order valence-electron chi connectivity index (χ3n) is 11.1. The molecule has 6 heteroatoms. The van der Waals surface area contributed by atoms with Crippen molar-refractivity contribution < 1.29 is 4.42 Å². The maximum Gasteiger partial charge on any atom is 0.164 e. The second-order valence-corrected chi connectivity index (χ2v) is 15.6. The predicted molar refractivity (Wildman–Crippen MR) is 240 cm³/mol. The molecule has 12 rings (SSSR count). The molecule has 0 aliphatic carbocycles. The van der Waals surface area contributed by atoms with Crippen LogP contribution in [0.4, 0.5) is 0 Å². The molecule has 4 heterocycles. The molecular formula is C52H30N4OS. The summed E-state index contributed by atoms with van der Waals surface area (Å²) in [4.78, 5) is 20.1. The van der Waals surface area contributed by atoms with Crippen LogP contribution in [0.2, 0.25) is 0 Å². The smallest absolute Gasteiger partial charge is 0.164 e. The van der Waals surface area contributed by atoms with Crippen molar-refractivity contribution in [2.45, 2.75) is 0 Å². The summed E-state index contributed by atoms with van der Waals surface area (Å²) >= 11 is 1.82.